The normalized spacial score (nSPS) is 21.2. The molecule has 0 aromatic heterocycles. The van der Waals surface area contributed by atoms with Crippen LogP contribution in [0.25, 0.3) is 0 Å². The molecule has 0 spiro atoms. The molecule has 1 atom stereocenters. The second-order valence-corrected chi connectivity index (χ2v) is 4.41. The van der Waals surface area contributed by atoms with Gasteiger partial charge in [0.05, 0.1) is 0 Å². The number of nitrogens with two attached hydrogens (primary N) is 1. The van der Waals surface area contributed by atoms with Gasteiger partial charge in [0.25, 0.3) is 0 Å². The molecule has 0 bridgehead atoms. The van der Waals surface area contributed by atoms with Gasteiger partial charge in [-0.15, -0.1) is 0 Å². The Labute approximate surface area is 81.6 Å². The molecule has 1 unspecified atom stereocenters. The van der Waals surface area contributed by atoms with Gasteiger partial charge in [-0.2, -0.15) is 0 Å². The number of rotatable bonds is 5. The summed E-state index contributed by atoms with van der Waals surface area (Å²) in [5.41, 5.74) is 2.97. The Kier molecular flexibility index (Phi) is 4.70. The number of hydrazine groups is 1. The minimum absolute atomic E-state index is 0.532. The molecule has 0 heterocycles. The van der Waals surface area contributed by atoms with Crippen molar-refractivity contribution in [3.05, 3.63) is 0 Å². The van der Waals surface area contributed by atoms with Crippen LogP contribution in [0, 0.1) is 5.92 Å². The zero-order valence-corrected chi connectivity index (χ0v) is 8.92. The Hall–Kier alpha value is -0.120. The average Bonchev–Trinajstić information content (AvgIpc) is 2.58. The predicted molar refractivity (Wildman–Crippen MR) is 56.2 cm³/mol. The highest BCUT2D eigenvalue weighted by Gasteiger charge is 2.23. The van der Waals surface area contributed by atoms with Crippen molar-refractivity contribution in [1.82, 2.24) is 10.3 Å². The van der Waals surface area contributed by atoms with E-state index in [0.29, 0.717) is 6.04 Å². The Balaban J connectivity index is 2.24. The largest absolute Gasteiger partial charge is 0.309 e. The number of nitrogens with one attached hydrogen (secondary N) is 1. The molecule has 0 aliphatic heterocycles. The van der Waals surface area contributed by atoms with E-state index in [1.807, 2.05) is 0 Å². The van der Waals surface area contributed by atoms with Crippen molar-refractivity contribution in [1.29, 1.82) is 0 Å². The van der Waals surface area contributed by atoms with E-state index in [1.54, 1.807) is 0 Å². The van der Waals surface area contributed by atoms with Crippen LogP contribution in [0.5, 0.6) is 0 Å². The fourth-order valence-corrected chi connectivity index (χ4v) is 2.21. The second kappa shape index (κ2) is 5.58. The van der Waals surface area contributed by atoms with Crippen LogP contribution in [0.15, 0.2) is 0 Å². The molecule has 0 amide bonds. The van der Waals surface area contributed by atoms with Crippen molar-refractivity contribution in [2.45, 2.75) is 38.1 Å². The topological polar surface area (TPSA) is 41.3 Å². The average molecular weight is 185 g/mol. The molecule has 78 valence electrons. The first-order chi connectivity index (χ1) is 6.24. The third-order valence-electron chi connectivity index (χ3n) is 3.07. The van der Waals surface area contributed by atoms with Crippen LogP contribution in [-0.4, -0.2) is 31.6 Å². The van der Waals surface area contributed by atoms with Gasteiger partial charge in [0, 0.05) is 6.04 Å². The van der Waals surface area contributed by atoms with E-state index in [4.69, 9.17) is 5.84 Å². The maximum absolute atomic E-state index is 5.57. The van der Waals surface area contributed by atoms with Gasteiger partial charge < -0.3 is 4.90 Å². The van der Waals surface area contributed by atoms with Crippen molar-refractivity contribution >= 4 is 0 Å². The molecule has 0 saturated heterocycles. The molecule has 0 aromatic carbocycles. The van der Waals surface area contributed by atoms with Crippen molar-refractivity contribution in [3.8, 4) is 0 Å². The number of hydrogen-bond acceptors (Lipinski definition) is 3. The molecule has 1 fully saturated rings. The molecule has 1 aliphatic carbocycles. The number of hydrogen-bond donors (Lipinski definition) is 2. The highest BCUT2D eigenvalue weighted by molar-refractivity contribution is 4.79. The highest BCUT2D eigenvalue weighted by Crippen LogP contribution is 2.28. The lowest BCUT2D eigenvalue weighted by Gasteiger charge is -2.23. The molecule has 1 rings (SSSR count). The van der Waals surface area contributed by atoms with E-state index >= 15 is 0 Å². The SMILES string of the molecule is CN(C)CCC(NN)C1CCCC1. The zero-order valence-electron chi connectivity index (χ0n) is 8.92. The Morgan fingerprint density at radius 3 is 2.46 bits per heavy atom. The summed E-state index contributed by atoms with van der Waals surface area (Å²) in [7, 11) is 4.23. The van der Waals surface area contributed by atoms with Crippen LogP contribution in [0.2, 0.25) is 0 Å². The molecular weight excluding hydrogens is 162 g/mol. The standard InChI is InChI=1S/C10H23N3/c1-13(2)8-7-10(12-11)9-5-3-4-6-9/h9-10,12H,3-8,11H2,1-2H3. The lowest BCUT2D eigenvalue weighted by Crippen LogP contribution is -2.41. The number of nitrogens with zero attached hydrogens (tertiary/aromatic N) is 1. The lowest BCUT2D eigenvalue weighted by atomic mass is 9.96. The summed E-state index contributed by atoms with van der Waals surface area (Å²) >= 11 is 0. The summed E-state index contributed by atoms with van der Waals surface area (Å²) < 4.78 is 0. The third-order valence-corrected chi connectivity index (χ3v) is 3.07. The van der Waals surface area contributed by atoms with Gasteiger partial charge in [-0.05, 0) is 45.8 Å². The van der Waals surface area contributed by atoms with Gasteiger partial charge in [-0.25, -0.2) is 0 Å². The summed E-state index contributed by atoms with van der Waals surface area (Å²) in [5, 5.41) is 0. The Morgan fingerprint density at radius 1 is 1.38 bits per heavy atom. The molecule has 0 aromatic rings. The van der Waals surface area contributed by atoms with Gasteiger partial charge in [0.1, 0.15) is 0 Å². The fraction of sp³-hybridized carbons (Fsp3) is 1.00. The summed E-state index contributed by atoms with van der Waals surface area (Å²) in [6, 6.07) is 0.532. The van der Waals surface area contributed by atoms with Crippen molar-refractivity contribution in [2.75, 3.05) is 20.6 Å². The van der Waals surface area contributed by atoms with E-state index in [2.05, 4.69) is 24.4 Å². The maximum Gasteiger partial charge on any atom is 0.0250 e. The van der Waals surface area contributed by atoms with Gasteiger partial charge >= 0.3 is 0 Å². The minimum atomic E-state index is 0.532. The van der Waals surface area contributed by atoms with Gasteiger partial charge in [-0.1, -0.05) is 12.8 Å². The van der Waals surface area contributed by atoms with Gasteiger partial charge in [0.2, 0.25) is 0 Å². The first-order valence-electron chi connectivity index (χ1n) is 5.35. The van der Waals surface area contributed by atoms with Crippen molar-refractivity contribution < 1.29 is 0 Å². The second-order valence-electron chi connectivity index (χ2n) is 4.41. The van der Waals surface area contributed by atoms with Crippen LogP contribution < -0.4 is 11.3 Å². The van der Waals surface area contributed by atoms with Crippen LogP contribution in [0.4, 0.5) is 0 Å². The Morgan fingerprint density at radius 2 is 2.00 bits per heavy atom. The highest BCUT2D eigenvalue weighted by atomic mass is 15.2. The van der Waals surface area contributed by atoms with Crippen LogP contribution in [0.1, 0.15) is 32.1 Å². The molecule has 1 saturated carbocycles. The predicted octanol–water partition coefficient (Wildman–Crippen LogP) is 0.960. The molecule has 0 radical (unpaired) electrons. The summed E-state index contributed by atoms with van der Waals surface area (Å²) in [6.45, 7) is 1.13. The van der Waals surface area contributed by atoms with Crippen molar-refractivity contribution in [3.63, 3.8) is 0 Å². The monoisotopic (exact) mass is 185 g/mol. The zero-order chi connectivity index (χ0) is 9.68. The summed E-state index contributed by atoms with van der Waals surface area (Å²) in [4.78, 5) is 2.22. The maximum atomic E-state index is 5.57. The fourth-order valence-electron chi connectivity index (χ4n) is 2.21. The Bertz CT molecular complexity index is 130. The quantitative estimate of drug-likeness (QED) is 0.495. The first kappa shape index (κ1) is 11.0. The van der Waals surface area contributed by atoms with E-state index in [9.17, 15) is 0 Å². The lowest BCUT2D eigenvalue weighted by molar-refractivity contribution is 0.297. The summed E-state index contributed by atoms with van der Waals surface area (Å²) in [5.74, 6) is 6.39. The molecule has 3 heteroatoms. The van der Waals surface area contributed by atoms with Crippen LogP contribution in [-0.2, 0) is 0 Å². The van der Waals surface area contributed by atoms with Gasteiger partial charge in [-0.3, -0.25) is 11.3 Å². The smallest absolute Gasteiger partial charge is 0.0250 e. The van der Waals surface area contributed by atoms with Crippen molar-refractivity contribution in [2.24, 2.45) is 11.8 Å². The van der Waals surface area contributed by atoms with Crippen LogP contribution >= 0.6 is 0 Å². The van der Waals surface area contributed by atoms with E-state index in [0.717, 1.165) is 12.5 Å². The molecule has 1 aliphatic rings. The molecule has 3 N–H and O–H groups in total. The van der Waals surface area contributed by atoms with E-state index < -0.39 is 0 Å². The van der Waals surface area contributed by atoms with Gasteiger partial charge in [0.15, 0.2) is 0 Å². The third kappa shape index (κ3) is 3.63. The van der Waals surface area contributed by atoms with E-state index in [-0.39, 0.29) is 0 Å². The minimum Gasteiger partial charge on any atom is -0.309 e. The van der Waals surface area contributed by atoms with Crippen LogP contribution in [0.3, 0.4) is 0 Å². The molecule has 3 nitrogen and oxygen atoms in total. The van der Waals surface area contributed by atoms with E-state index in [1.165, 1.54) is 32.1 Å². The molecular formula is C10H23N3. The first-order valence-corrected chi connectivity index (χ1v) is 5.35. The summed E-state index contributed by atoms with van der Waals surface area (Å²) in [6.07, 6.45) is 6.69. The molecule has 13 heavy (non-hydrogen) atoms.